The largest absolute Gasteiger partial charge is 0.493 e. The molecule has 0 saturated carbocycles. The van der Waals surface area contributed by atoms with Crippen molar-refractivity contribution >= 4 is 41.0 Å². The number of methoxy groups -OCH3 is 1. The van der Waals surface area contributed by atoms with Crippen LogP contribution in [0.5, 0.6) is 23.0 Å². The maximum atomic E-state index is 13.8. The molecule has 284 valence electrons. The van der Waals surface area contributed by atoms with Crippen LogP contribution >= 0.6 is 23.2 Å². The maximum Gasteiger partial charge on any atom is 0.205 e. The zero-order valence-corrected chi connectivity index (χ0v) is 32.6. The second-order valence-electron chi connectivity index (χ2n) is 12.9. The predicted molar refractivity (Wildman–Crippen MR) is 217 cm³/mol. The lowest BCUT2D eigenvalue weighted by Crippen LogP contribution is -2.08. The van der Waals surface area contributed by atoms with Gasteiger partial charge in [-0.3, -0.25) is 19.6 Å². The zero-order chi connectivity index (χ0) is 40.5. The molecule has 6 aromatic rings. The smallest absolute Gasteiger partial charge is 0.205 e. The highest BCUT2D eigenvalue weighted by Gasteiger charge is 2.20. The van der Waals surface area contributed by atoms with Crippen LogP contribution in [0.1, 0.15) is 59.7 Å². The average molecular weight is 798 g/mol. The van der Waals surface area contributed by atoms with Crippen molar-refractivity contribution in [3.05, 3.63) is 169 Å². The standard InChI is InChI=1S/C45H34Cl2N4O6/c1-27-32(14-41(53)38-15-45(44(54-4)16-39(38)46)56-24-30-11-29(18-48)19-50-20-30)7-5-9-36(27)37-10-6-8-33(28(37)2)26-57-43-17-42(34(23-52)13-40(43)47)55-25-31-12-35(49-3)22-51-21-31/h5-13,15-17,19-23H,14,24-26H2,1-2,4H3. The van der Waals surface area contributed by atoms with E-state index in [9.17, 15) is 14.9 Å². The molecule has 57 heavy (non-hydrogen) atoms. The molecule has 0 N–H and O–H groups in total. The third-order valence-corrected chi connectivity index (χ3v) is 9.89. The highest BCUT2D eigenvalue weighted by Crippen LogP contribution is 2.37. The normalized spacial score (nSPS) is 10.6. The van der Waals surface area contributed by atoms with E-state index in [0.29, 0.717) is 45.9 Å². The molecule has 0 aliphatic rings. The van der Waals surface area contributed by atoms with Crippen molar-refractivity contribution in [1.29, 1.82) is 5.26 Å². The summed E-state index contributed by atoms with van der Waals surface area (Å²) < 4.78 is 23.6. The Hall–Kier alpha value is -6.72. The molecule has 0 atom stereocenters. The van der Waals surface area contributed by atoms with E-state index in [1.165, 1.54) is 25.6 Å². The minimum absolute atomic E-state index is 0.0857. The molecule has 0 fully saturated rings. The van der Waals surface area contributed by atoms with Crippen molar-refractivity contribution in [2.45, 2.75) is 40.1 Å². The van der Waals surface area contributed by atoms with E-state index in [2.05, 4.69) is 20.9 Å². The minimum atomic E-state index is -0.200. The SMILES string of the molecule is [C-]#[N+]c1cncc(COc2cc(OCc3cccc(-c4cccc(CC(=O)c5cc(OCc6cncc(C#N)c6)c(OC)cc5Cl)c4C)c3C)c(Cl)cc2C=O)c1. The molecule has 12 heteroatoms. The van der Waals surface area contributed by atoms with Gasteiger partial charge in [0, 0.05) is 54.5 Å². The molecule has 0 aliphatic heterocycles. The first-order valence-electron chi connectivity index (χ1n) is 17.5. The lowest BCUT2D eigenvalue weighted by molar-refractivity contribution is 0.0992. The molecular formula is C45H34Cl2N4O6. The summed E-state index contributed by atoms with van der Waals surface area (Å²) in [5.74, 6) is 1.12. The van der Waals surface area contributed by atoms with Crippen LogP contribution in [0.4, 0.5) is 5.69 Å². The summed E-state index contributed by atoms with van der Waals surface area (Å²) in [5.41, 5.74) is 8.27. The second kappa shape index (κ2) is 18.3. The van der Waals surface area contributed by atoms with E-state index in [0.717, 1.165) is 33.4 Å². The molecule has 2 aromatic heterocycles. The monoisotopic (exact) mass is 796 g/mol. The lowest BCUT2D eigenvalue weighted by Gasteiger charge is -2.17. The van der Waals surface area contributed by atoms with Gasteiger partial charge in [-0.2, -0.15) is 5.26 Å². The molecule has 0 spiro atoms. The Morgan fingerprint density at radius 3 is 2.11 bits per heavy atom. The van der Waals surface area contributed by atoms with Crippen molar-refractivity contribution in [2.24, 2.45) is 0 Å². The first-order valence-corrected chi connectivity index (χ1v) is 18.3. The summed E-state index contributed by atoms with van der Waals surface area (Å²) in [6.45, 7) is 11.6. The highest BCUT2D eigenvalue weighted by molar-refractivity contribution is 6.34. The number of carbonyl (C=O) groups is 2. The van der Waals surface area contributed by atoms with Gasteiger partial charge in [0.25, 0.3) is 0 Å². The van der Waals surface area contributed by atoms with Crippen molar-refractivity contribution in [1.82, 2.24) is 9.97 Å². The van der Waals surface area contributed by atoms with E-state index in [-0.39, 0.29) is 58.9 Å². The Labute approximate surface area is 340 Å². The number of aldehydes is 1. The fourth-order valence-corrected chi connectivity index (χ4v) is 6.67. The number of hydrogen-bond donors (Lipinski definition) is 0. The van der Waals surface area contributed by atoms with Crippen molar-refractivity contribution in [2.75, 3.05) is 7.11 Å². The van der Waals surface area contributed by atoms with Crippen molar-refractivity contribution in [3.8, 4) is 40.2 Å². The van der Waals surface area contributed by atoms with E-state index in [4.69, 9.17) is 48.7 Å². The maximum absolute atomic E-state index is 13.8. The predicted octanol–water partition coefficient (Wildman–Crippen LogP) is 10.5. The van der Waals surface area contributed by atoms with Gasteiger partial charge in [-0.15, -0.1) is 0 Å². The zero-order valence-electron chi connectivity index (χ0n) is 31.1. The van der Waals surface area contributed by atoms with E-state index < -0.39 is 0 Å². The third kappa shape index (κ3) is 9.40. The Balaban J connectivity index is 1.19. The second-order valence-corrected chi connectivity index (χ2v) is 13.7. The van der Waals surface area contributed by atoms with Crippen LogP contribution in [-0.4, -0.2) is 29.1 Å². The minimum Gasteiger partial charge on any atom is -0.493 e. The first-order chi connectivity index (χ1) is 27.6. The number of rotatable bonds is 15. The summed E-state index contributed by atoms with van der Waals surface area (Å²) in [7, 11) is 1.49. The van der Waals surface area contributed by atoms with Gasteiger partial charge >= 0.3 is 0 Å². The van der Waals surface area contributed by atoms with Crippen LogP contribution < -0.4 is 18.9 Å². The number of halogens is 2. The van der Waals surface area contributed by atoms with Gasteiger partial charge < -0.3 is 18.9 Å². The first kappa shape index (κ1) is 40.0. The van der Waals surface area contributed by atoms with Gasteiger partial charge in [0.1, 0.15) is 37.4 Å². The molecule has 0 bridgehead atoms. The number of aromatic nitrogens is 2. The van der Waals surface area contributed by atoms with Crippen LogP contribution in [-0.2, 0) is 26.2 Å². The fourth-order valence-electron chi connectivity index (χ4n) is 6.18. The van der Waals surface area contributed by atoms with Gasteiger partial charge in [0.2, 0.25) is 5.69 Å². The Bertz CT molecular complexity index is 2580. The molecule has 0 radical (unpaired) electrons. The van der Waals surface area contributed by atoms with Crippen LogP contribution in [0.3, 0.4) is 0 Å². The quantitative estimate of drug-likeness (QED) is 0.0567. The van der Waals surface area contributed by atoms with Gasteiger partial charge in [0.15, 0.2) is 23.6 Å². The molecular weight excluding hydrogens is 763 g/mol. The summed E-state index contributed by atoms with van der Waals surface area (Å²) in [6.07, 6.45) is 6.87. The Kier molecular flexibility index (Phi) is 12.8. The summed E-state index contributed by atoms with van der Waals surface area (Å²) in [5, 5.41) is 9.70. The van der Waals surface area contributed by atoms with Gasteiger partial charge in [-0.05, 0) is 77.1 Å². The fraction of sp³-hybridized carbons (Fsp3) is 0.156. The van der Waals surface area contributed by atoms with Crippen LogP contribution in [0, 0.1) is 31.8 Å². The van der Waals surface area contributed by atoms with Gasteiger partial charge in [0.05, 0.1) is 34.9 Å². The molecule has 6 rings (SSSR count). The number of nitrogens with zero attached hydrogens (tertiary/aromatic N) is 4. The Morgan fingerprint density at radius 1 is 0.772 bits per heavy atom. The molecule has 0 amide bonds. The van der Waals surface area contributed by atoms with Crippen molar-refractivity contribution < 1.29 is 28.5 Å². The number of nitriles is 1. The van der Waals surface area contributed by atoms with Gasteiger partial charge in [-0.25, -0.2) is 4.85 Å². The van der Waals surface area contributed by atoms with Crippen molar-refractivity contribution in [3.63, 3.8) is 0 Å². The Morgan fingerprint density at radius 2 is 1.42 bits per heavy atom. The van der Waals surface area contributed by atoms with Crippen LogP contribution in [0.15, 0.2) is 97.6 Å². The number of benzene rings is 4. The topological polar surface area (TPSA) is 125 Å². The summed E-state index contributed by atoms with van der Waals surface area (Å²) in [4.78, 5) is 37.2. The molecule has 10 nitrogen and oxygen atoms in total. The number of hydrogen-bond acceptors (Lipinski definition) is 9. The molecule has 0 unspecified atom stereocenters. The highest BCUT2D eigenvalue weighted by atomic mass is 35.5. The summed E-state index contributed by atoms with van der Waals surface area (Å²) in [6, 6.07) is 23.4. The van der Waals surface area contributed by atoms with E-state index >= 15 is 0 Å². The summed E-state index contributed by atoms with van der Waals surface area (Å²) >= 11 is 13.1. The number of ether oxygens (including phenoxy) is 4. The number of pyridine rings is 2. The van der Waals surface area contributed by atoms with Crippen LogP contribution in [0.2, 0.25) is 10.0 Å². The van der Waals surface area contributed by atoms with E-state index in [1.807, 2.05) is 50.2 Å². The number of ketones is 1. The van der Waals surface area contributed by atoms with Gasteiger partial charge in [-0.1, -0.05) is 59.6 Å². The number of Topliss-reactive ketones (excluding diaryl/α,β-unsaturated/α-hetero) is 1. The molecule has 0 saturated heterocycles. The third-order valence-electron chi connectivity index (χ3n) is 9.28. The molecule has 0 aliphatic carbocycles. The molecule has 2 heterocycles. The van der Waals surface area contributed by atoms with E-state index in [1.54, 1.807) is 42.7 Å². The number of carbonyl (C=O) groups excluding carboxylic acids is 2. The molecule has 4 aromatic carbocycles. The average Bonchev–Trinajstić information content (AvgIpc) is 3.23. The van der Waals surface area contributed by atoms with Crippen LogP contribution in [0.25, 0.3) is 16.0 Å². The lowest BCUT2D eigenvalue weighted by atomic mass is 9.89.